The molecular weight excluding hydrogens is 908 g/mol. The van der Waals surface area contributed by atoms with E-state index in [1.54, 1.807) is 41.3 Å². The number of methoxy groups -OCH3 is 1. The van der Waals surface area contributed by atoms with Gasteiger partial charge in [-0.1, -0.05) is 44.5 Å². The molecule has 4 N–H and O–H groups in total. The highest BCUT2D eigenvalue weighted by molar-refractivity contribution is 6.30. The van der Waals surface area contributed by atoms with Crippen LogP contribution in [0.2, 0.25) is 5.02 Å². The monoisotopic (exact) mass is 958 g/mol. The highest BCUT2D eigenvalue weighted by atomic mass is 35.5. The van der Waals surface area contributed by atoms with Gasteiger partial charge in [0.25, 0.3) is 11.8 Å². The number of ether oxygens (including phenoxy) is 1. The van der Waals surface area contributed by atoms with Gasteiger partial charge < -0.3 is 35.4 Å². The summed E-state index contributed by atoms with van der Waals surface area (Å²) >= 11 is 6.37. The number of nitrogens with one attached hydrogen (secondary N) is 4. The average molecular weight is 959 g/mol. The summed E-state index contributed by atoms with van der Waals surface area (Å²) in [5.41, 5.74) is 0.888. The fourth-order valence-corrected chi connectivity index (χ4v) is 11.0. The van der Waals surface area contributed by atoms with Crippen LogP contribution in [0.25, 0.3) is 0 Å². The molecule has 3 saturated heterocycles. The first-order valence-corrected chi connectivity index (χ1v) is 23.0. The van der Waals surface area contributed by atoms with Gasteiger partial charge in [-0.2, -0.15) is 13.2 Å². The van der Waals surface area contributed by atoms with Gasteiger partial charge in [0.05, 0.1) is 23.9 Å². The van der Waals surface area contributed by atoms with Crippen molar-refractivity contribution in [2.45, 2.75) is 88.6 Å². The molecule has 1 spiro atoms. The number of carbonyl (C=O) groups excluding carboxylic acids is 5. The highest BCUT2D eigenvalue weighted by Crippen LogP contribution is 2.57. The minimum absolute atomic E-state index is 0.0768. The Bertz CT molecular complexity index is 2730. The van der Waals surface area contributed by atoms with Crippen molar-refractivity contribution >= 4 is 58.2 Å². The Kier molecular flexibility index (Phi) is 12.2. The number of halogens is 5. The lowest BCUT2D eigenvalue weighted by atomic mass is 9.63. The average Bonchev–Trinajstić information content (AvgIpc) is 3.85. The summed E-state index contributed by atoms with van der Waals surface area (Å²) < 4.78 is 63.7. The molecule has 3 aromatic carbocycles. The van der Waals surface area contributed by atoms with Gasteiger partial charge in [-0.25, -0.2) is 4.39 Å². The zero-order chi connectivity index (χ0) is 48.4. The molecule has 6 heterocycles. The van der Waals surface area contributed by atoms with Crippen LogP contribution in [-0.2, 0) is 32.5 Å². The van der Waals surface area contributed by atoms with Crippen LogP contribution in [0.5, 0.6) is 5.75 Å². The van der Waals surface area contributed by atoms with Crippen molar-refractivity contribution in [1.82, 2.24) is 25.4 Å². The Labute approximate surface area is 395 Å². The number of fused-ring (bicyclic) bond motifs is 3. The molecule has 0 bridgehead atoms. The van der Waals surface area contributed by atoms with E-state index < -0.39 is 59.0 Å². The van der Waals surface area contributed by atoms with E-state index in [2.05, 4.69) is 31.2 Å². The van der Waals surface area contributed by atoms with E-state index in [1.807, 2.05) is 32.9 Å². The number of aromatic nitrogens is 1. The standard InChI is InChI=1S/C49H51ClF4N8O6/c1-47(2,3)22-38-48(25-56-34-21-37(49(52,53)54)55-23-31(34)48)40(30-7-5-8-32(50)41(30)51)42(58-38)44(65)57-33-12-9-26(20-36(33)68-4)45(66)61-16-6-15-60(17-18-61)28-10-11-29-27(19-28)24-62(46(29)67)35-13-14-39(63)59-43(35)64/h5,7-12,19-21,23,35,38,40,42,56,58H,6,13-18,22,24-25H2,1-4H3,(H,57,65)(H,59,63,64)/t35?,38-,40-,42+,48-/m0/s1. The summed E-state index contributed by atoms with van der Waals surface area (Å²) in [5, 5.41) is 11.7. The normalized spacial score (nSPS) is 23.8. The maximum Gasteiger partial charge on any atom is 0.433 e. The summed E-state index contributed by atoms with van der Waals surface area (Å²) in [6, 6.07) is 13.3. The number of hydrogen-bond acceptors (Lipinski definition) is 10. The van der Waals surface area contributed by atoms with E-state index in [4.69, 9.17) is 16.3 Å². The van der Waals surface area contributed by atoms with Crippen LogP contribution >= 0.6 is 11.6 Å². The van der Waals surface area contributed by atoms with Crippen molar-refractivity contribution in [3.63, 3.8) is 0 Å². The predicted octanol–water partition coefficient (Wildman–Crippen LogP) is 6.88. The Balaban J connectivity index is 0.936. The molecule has 19 heteroatoms. The zero-order valence-electron chi connectivity index (χ0n) is 37.9. The SMILES string of the molecule is COc1cc(C(=O)N2CCCN(c3ccc4c(c3)CN(C3CCC(=O)NC3=O)C4=O)CC2)ccc1NC(=O)[C@@H]1N[C@@H](CC(C)(C)C)[C@@]2(CNc3cc(C(F)(F)F)ncc32)[C@H]1c1cccc(Cl)c1F. The molecule has 9 rings (SSSR count). The van der Waals surface area contributed by atoms with Crippen molar-refractivity contribution in [1.29, 1.82) is 0 Å². The van der Waals surface area contributed by atoms with Crippen LogP contribution < -0.4 is 30.9 Å². The topological polar surface area (TPSA) is 165 Å². The van der Waals surface area contributed by atoms with Crippen LogP contribution in [-0.4, -0.2) is 102 Å². The first-order chi connectivity index (χ1) is 32.3. The Hall–Kier alpha value is -6.27. The Morgan fingerprint density at radius 3 is 2.53 bits per heavy atom. The molecule has 68 heavy (non-hydrogen) atoms. The molecule has 1 unspecified atom stereocenters. The number of hydrogen-bond donors (Lipinski definition) is 4. The second-order valence-electron chi connectivity index (χ2n) is 19.4. The summed E-state index contributed by atoms with van der Waals surface area (Å²) in [6.07, 6.45) is -1.99. The number of alkyl halides is 3. The summed E-state index contributed by atoms with van der Waals surface area (Å²) in [6.45, 7) is 8.33. The van der Waals surface area contributed by atoms with Gasteiger partial charge in [-0.3, -0.25) is 34.3 Å². The smallest absolute Gasteiger partial charge is 0.433 e. The lowest BCUT2D eigenvalue weighted by Gasteiger charge is -2.39. The number of carbonyl (C=O) groups is 5. The molecular formula is C49H51ClF4N8O6. The first kappa shape index (κ1) is 46.8. The number of anilines is 3. The van der Waals surface area contributed by atoms with Crippen LogP contribution in [0, 0.1) is 11.2 Å². The van der Waals surface area contributed by atoms with E-state index in [0.717, 1.165) is 17.3 Å². The summed E-state index contributed by atoms with van der Waals surface area (Å²) in [4.78, 5) is 75.6. The molecule has 5 amide bonds. The van der Waals surface area contributed by atoms with Crippen LogP contribution in [0.4, 0.5) is 34.6 Å². The van der Waals surface area contributed by atoms with Crippen molar-refractivity contribution in [3.05, 3.63) is 111 Å². The van der Waals surface area contributed by atoms with Crippen molar-refractivity contribution in [2.24, 2.45) is 5.41 Å². The number of nitrogens with zero attached hydrogens (tertiary/aromatic N) is 4. The number of amides is 5. The van der Waals surface area contributed by atoms with Gasteiger partial charge in [0.1, 0.15) is 23.3 Å². The number of imide groups is 1. The largest absolute Gasteiger partial charge is 0.495 e. The van der Waals surface area contributed by atoms with Crippen LogP contribution in [0.15, 0.2) is 66.9 Å². The van der Waals surface area contributed by atoms with Gasteiger partial charge >= 0.3 is 6.18 Å². The predicted molar refractivity (Wildman–Crippen MR) is 245 cm³/mol. The third kappa shape index (κ3) is 8.50. The highest BCUT2D eigenvalue weighted by Gasteiger charge is 2.62. The maximum atomic E-state index is 16.3. The molecule has 4 aromatic rings. The fraction of sp³-hybridized carbons (Fsp3) is 0.429. The minimum Gasteiger partial charge on any atom is -0.495 e. The number of piperidine rings is 1. The van der Waals surface area contributed by atoms with Crippen molar-refractivity contribution < 1.29 is 46.3 Å². The molecule has 5 atom stereocenters. The molecule has 5 aliphatic rings. The Morgan fingerprint density at radius 1 is 1.00 bits per heavy atom. The van der Waals surface area contributed by atoms with Gasteiger partial charge in [-0.05, 0) is 84.3 Å². The first-order valence-electron chi connectivity index (χ1n) is 22.6. The lowest BCUT2D eigenvalue weighted by molar-refractivity contribution is -0.141. The third-order valence-corrected chi connectivity index (χ3v) is 14.2. The van der Waals surface area contributed by atoms with Gasteiger partial charge in [0, 0.05) is 97.3 Å². The van der Waals surface area contributed by atoms with E-state index in [0.29, 0.717) is 55.7 Å². The van der Waals surface area contributed by atoms with Crippen LogP contribution in [0.1, 0.15) is 95.5 Å². The molecule has 14 nitrogen and oxygen atoms in total. The minimum atomic E-state index is -4.71. The van der Waals surface area contributed by atoms with Crippen molar-refractivity contribution in [2.75, 3.05) is 55.4 Å². The zero-order valence-corrected chi connectivity index (χ0v) is 38.6. The van der Waals surface area contributed by atoms with Gasteiger partial charge in [0.15, 0.2) is 0 Å². The molecule has 3 fully saturated rings. The molecule has 0 radical (unpaired) electrons. The maximum absolute atomic E-state index is 16.3. The molecule has 5 aliphatic heterocycles. The van der Waals surface area contributed by atoms with E-state index in [1.165, 1.54) is 24.3 Å². The van der Waals surface area contributed by atoms with Gasteiger partial charge in [0.2, 0.25) is 17.7 Å². The summed E-state index contributed by atoms with van der Waals surface area (Å²) in [7, 11) is 1.41. The molecule has 0 aliphatic carbocycles. The third-order valence-electron chi connectivity index (χ3n) is 13.9. The fourth-order valence-electron chi connectivity index (χ4n) is 10.8. The number of pyridine rings is 1. The number of benzene rings is 3. The quantitative estimate of drug-likeness (QED) is 0.108. The van der Waals surface area contributed by atoms with Crippen LogP contribution in [0.3, 0.4) is 0 Å². The van der Waals surface area contributed by atoms with E-state index in [9.17, 15) is 37.1 Å². The Morgan fingerprint density at radius 2 is 1.79 bits per heavy atom. The number of rotatable bonds is 8. The summed E-state index contributed by atoms with van der Waals surface area (Å²) in [5.74, 6) is -3.42. The second-order valence-corrected chi connectivity index (χ2v) is 19.8. The molecule has 1 aromatic heterocycles. The van der Waals surface area contributed by atoms with E-state index >= 15 is 4.39 Å². The lowest BCUT2D eigenvalue weighted by Crippen LogP contribution is -2.52. The molecule has 358 valence electrons. The van der Waals surface area contributed by atoms with Gasteiger partial charge in [-0.15, -0.1) is 0 Å². The van der Waals surface area contributed by atoms with Crippen molar-refractivity contribution in [3.8, 4) is 5.75 Å². The molecule has 0 saturated carbocycles. The van der Waals surface area contributed by atoms with E-state index in [-0.39, 0.29) is 76.8 Å². The second kappa shape index (κ2) is 17.7.